The lowest BCUT2D eigenvalue weighted by Gasteiger charge is -1.98. The fourth-order valence-corrected chi connectivity index (χ4v) is 1.24. The van der Waals surface area contributed by atoms with Crippen LogP contribution in [-0.4, -0.2) is 16.2 Å². The molecule has 1 aromatic heterocycles. The largest absolute Gasteiger partial charge is 0.231 e. The normalized spacial score (nSPS) is 10.0. The molecular formula is C8H12N2S. The summed E-state index contributed by atoms with van der Waals surface area (Å²) in [5.74, 6) is 0. The first-order valence-corrected chi connectivity index (χ1v) is 4.95. The Morgan fingerprint density at radius 1 is 1.55 bits per heavy atom. The third-order valence-corrected chi connectivity index (χ3v) is 1.94. The van der Waals surface area contributed by atoms with Gasteiger partial charge in [0, 0.05) is 11.9 Å². The van der Waals surface area contributed by atoms with Crippen LogP contribution in [0.5, 0.6) is 0 Å². The number of hydrogen-bond acceptors (Lipinski definition) is 3. The van der Waals surface area contributed by atoms with Gasteiger partial charge >= 0.3 is 0 Å². The third kappa shape index (κ3) is 2.50. The Morgan fingerprint density at radius 2 is 2.36 bits per heavy atom. The van der Waals surface area contributed by atoms with Gasteiger partial charge in [0.25, 0.3) is 0 Å². The van der Waals surface area contributed by atoms with Crippen molar-refractivity contribution in [1.29, 1.82) is 0 Å². The van der Waals surface area contributed by atoms with E-state index >= 15 is 0 Å². The standard InChI is InChI=1S/C8H12N2S/c1-3-4-7-5-6-9-8(10-7)11-2/h5-6H,3-4H2,1-2H3. The fourth-order valence-electron chi connectivity index (χ4n) is 0.870. The molecule has 1 heterocycles. The van der Waals surface area contributed by atoms with Gasteiger partial charge in [-0.05, 0) is 18.7 Å². The first-order valence-electron chi connectivity index (χ1n) is 3.72. The molecule has 0 radical (unpaired) electrons. The summed E-state index contributed by atoms with van der Waals surface area (Å²) in [6, 6.07) is 1.98. The molecule has 0 N–H and O–H groups in total. The van der Waals surface area contributed by atoms with Gasteiger partial charge in [0.2, 0.25) is 0 Å². The minimum atomic E-state index is 0.871. The molecule has 3 heteroatoms. The first-order chi connectivity index (χ1) is 5.36. The zero-order chi connectivity index (χ0) is 8.10. The van der Waals surface area contributed by atoms with E-state index in [4.69, 9.17) is 0 Å². The summed E-state index contributed by atoms with van der Waals surface area (Å²) >= 11 is 1.59. The number of aryl methyl sites for hydroxylation is 1. The van der Waals surface area contributed by atoms with E-state index in [2.05, 4.69) is 16.9 Å². The van der Waals surface area contributed by atoms with E-state index in [0.29, 0.717) is 0 Å². The van der Waals surface area contributed by atoms with Crippen molar-refractivity contribution in [3.8, 4) is 0 Å². The van der Waals surface area contributed by atoms with Crippen molar-refractivity contribution in [2.75, 3.05) is 6.26 Å². The molecule has 0 aromatic carbocycles. The molecule has 1 rings (SSSR count). The molecule has 0 spiro atoms. The van der Waals surface area contributed by atoms with Crippen molar-refractivity contribution in [2.24, 2.45) is 0 Å². The summed E-state index contributed by atoms with van der Waals surface area (Å²) in [4.78, 5) is 8.42. The van der Waals surface area contributed by atoms with E-state index in [0.717, 1.165) is 23.7 Å². The number of thioether (sulfide) groups is 1. The number of hydrogen-bond donors (Lipinski definition) is 0. The van der Waals surface area contributed by atoms with E-state index in [1.807, 2.05) is 18.5 Å². The first kappa shape index (κ1) is 8.53. The van der Waals surface area contributed by atoms with Gasteiger partial charge in [0.05, 0.1) is 0 Å². The molecule has 0 saturated carbocycles. The van der Waals surface area contributed by atoms with Crippen LogP contribution in [0.15, 0.2) is 17.4 Å². The molecule has 1 aromatic rings. The van der Waals surface area contributed by atoms with Crippen LogP contribution >= 0.6 is 11.8 Å². The molecule has 0 bridgehead atoms. The summed E-state index contributed by atoms with van der Waals surface area (Å²) in [5.41, 5.74) is 1.15. The Bertz CT molecular complexity index is 225. The van der Waals surface area contributed by atoms with Gasteiger partial charge in [-0.25, -0.2) is 9.97 Å². The molecule has 0 fully saturated rings. The Hall–Kier alpha value is -0.570. The predicted molar refractivity (Wildman–Crippen MR) is 47.8 cm³/mol. The summed E-state index contributed by atoms with van der Waals surface area (Å²) in [7, 11) is 0. The minimum absolute atomic E-state index is 0.871. The van der Waals surface area contributed by atoms with Crippen LogP contribution in [0.1, 0.15) is 19.0 Å². The zero-order valence-electron chi connectivity index (χ0n) is 6.87. The maximum atomic E-state index is 4.33. The Labute approximate surface area is 71.5 Å². The maximum Gasteiger partial charge on any atom is 0.187 e. The van der Waals surface area contributed by atoms with Gasteiger partial charge in [0.15, 0.2) is 5.16 Å². The zero-order valence-corrected chi connectivity index (χ0v) is 7.69. The van der Waals surface area contributed by atoms with Crippen LogP contribution in [0.2, 0.25) is 0 Å². The third-order valence-electron chi connectivity index (χ3n) is 1.38. The molecule has 0 aliphatic rings. The van der Waals surface area contributed by atoms with Gasteiger partial charge in [0.1, 0.15) is 0 Å². The molecule has 0 unspecified atom stereocenters. The van der Waals surface area contributed by atoms with Gasteiger partial charge in [-0.1, -0.05) is 25.1 Å². The number of rotatable bonds is 3. The van der Waals surface area contributed by atoms with Crippen LogP contribution in [0, 0.1) is 0 Å². The highest BCUT2D eigenvalue weighted by Crippen LogP contribution is 2.08. The highest BCUT2D eigenvalue weighted by atomic mass is 32.2. The molecule has 0 atom stereocenters. The van der Waals surface area contributed by atoms with E-state index < -0.39 is 0 Å². The van der Waals surface area contributed by atoms with E-state index in [-0.39, 0.29) is 0 Å². The van der Waals surface area contributed by atoms with Crippen LogP contribution in [0.3, 0.4) is 0 Å². The lowest BCUT2D eigenvalue weighted by molar-refractivity contribution is 0.828. The van der Waals surface area contributed by atoms with E-state index in [9.17, 15) is 0 Å². The van der Waals surface area contributed by atoms with Crippen molar-refractivity contribution in [3.05, 3.63) is 18.0 Å². The second kappa shape index (κ2) is 4.34. The number of nitrogens with zero attached hydrogens (tertiary/aromatic N) is 2. The monoisotopic (exact) mass is 168 g/mol. The average molecular weight is 168 g/mol. The Kier molecular flexibility index (Phi) is 3.36. The summed E-state index contributed by atoms with van der Waals surface area (Å²) in [5, 5.41) is 0.871. The van der Waals surface area contributed by atoms with Gasteiger partial charge in [-0.2, -0.15) is 0 Å². The van der Waals surface area contributed by atoms with Crippen LogP contribution < -0.4 is 0 Å². The van der Waals surface area contributed by atoms with Crippen molar-refractivity contribution < 1.29 is 0 Å². The highest BCUT2D eigenvalue weighted by Gasteiger charge is 1.95. The number of aromatic nitrogens is 2. The molecule has 60 valence electrons. The molecule has 0 saturated heterocycles. The van der Waals surface area contributed by atoms with Crippen molar-refractivity contribution in [2.45, 2.75) is 24.9 Å². The van der Waals surface area contributed by atoms with Gasteiger partial charge in [-0.3, -0.25) is 0 Å². The van der Waals surface area contributed by atoms with E-state index in [1.54, 1.807) is 11.8 Å². The second-order valence-corrected chi connectivity index (χ2v) is 3.06. The Morgan fingerprint density at radius 3 is 3.00 bits per heavy atom. The topological polar surface area (TPSA) is 25.8 Å². The summed E-state index contributed by atoms with van der Waals surface area (Å²) in [6.07, 6.45) is 6.01. The molecular weight excluding hydrogens is 156 g/mol. The van der Waals surface area contributed by atoms with Crippen LogP contribution in [0.4, 0.5) is 0 Å². The van der Waals surface area contributed by atoms with Crippen LogP contribution in [-0.2, 0) is 6.42 Å². The lowest BCUT2D eigenvalue weighted by atomic mass is 10.2. The predicted octanol–water partition coefficient (Wildman–Crippen LogP) is 2.15. The summed E-state index contributed by atoms with van der Waals surface area (Å²) in [6.45, 7) is 2.15. The lowest BCUT2D eigenvalue weighted by Crippen LogP contribution is -1.92. The quantitative estimate of drug-likeness (QED) is 0.511. The van der Waals surface area contributed by atoms with Crippen molar-refractivity contribution in [3.63, 3.8) is 0 Å². The maximum absolute atomic E-state index is 4.33. The smallest absolute Gasteiger partial charge is 0.187 e. The highest BCUT2D eigenvalue weighted by molar-refractivity contribution is 7.98. The summed E-state index contributed by atoms with van der Waals surface area (Å²) < 4.78 is 0. The molecule has 0 aliphatic carbocycles. The fraction of sp³-hybridized carbons (Fsp3) is 0.500. The second-order valence-electron chi connectivity index (χ2n) is 2.28. The molecule has 0 amide bonds. The Balaban J connectivity index is 2.74. The molecule has 2 nitrogen and oxygen atoms in total. The molecule has 0 aliphatic heterocycles. The van der Waals surface area contributed by atoms with E-state index in [1.165, 1.54) is 0 Å². The SMILES string of the molecule is CCCc1ccnc(SC)n1. The van der Waals surface area contributed by atoms with Crippen molar-refractivity contribution in [1.82, 2.24) is 9.97 Å². The minimum Gasteiger partial charge on any atom is -0.231 e. The van der Waals surface area contributed by atoms with Crippen LogP contribution in [0.25, 0.3) is 0 Å². The van der Waals surface area contributed by atoms with Gasteiger partial charge in [-0.15, -0.1) is 0 Å². The van der Waals surface area contributed by atoms with Gasteiger partial charge < -0.3 is 0 Å². The molecule has 11 heavy (non-hydrogen) atoms. The average Bonchev–Trinajstić information content (AvgIpc) is 2.06. The van der Waals surface area contributed by atoms with Crippen molar-refractivity contribution >= 4 is 11.8 Å².